The molecular weight excluding hydrogens is 300 g/mol. The molecule has 0 amide bonds. The van der Waals surface area contributed by atoms with Crippen LogP contribution in [0.15, 0.2) is 53.0 Å². The van der Waals surface area contributed by atoms with Crippen molar-refractivity contribution in [3.05, 3.63) is 63.6 Å². The van der Waals surface area contributed by atoms with Gasteiger partial charge in [-0.25, -0.2) is 0 Å². The van der Waals surface area contributed by atoms with E-state index < -0.39 is 0 Å². The normalized spacial score (nSPS) is 10.2. The van der Waals surface area contributed by atoms with Gasteiger partial charge in [0.15, 0.2) is 0 Å². The molecule has 0 fully saturated rings. The van der Waals surface area contributed by atoms with Gasteiger partial charge >= 0.3 is 0 Å². The molecule has 1 nitrogen and oxygen atoms in total. The van der Waals surface area contributed by atoms with Crippen molar-refractivity contribution in [2.75, 3.05) is 6.61 Å². The average Bonchev–Trinajstić information content (AvgIpc) is 2.32. The van der Waals surface area contributed by atoms with Crippen LogP contribution in [0.25, 0.3) is 0 Å². The summed E-state index contributed by atoms with van der Waals surface area (Å²) >= 11 is 9.30. The highest BCUT2D eigenvalue weighted by Gasteiger charge is 1.96. The zero-order valence-electron chi connectivity index (χ0n) is 9.20. The van der Waals surface area contributed by atoms with E-state index in [1.54, 1.807) is 0 Å². The molecule has 0 atom stereocenters. The molecule has 3 heteroatoms. The second-order valence-corrected chi connectivity index (χ2v) is 5.03. The summed E-state index contributed by atoms with van der Waals surface area (Å²) in [5.41, 5.74) is 1.19. The van der Waals surface area contributed by atoms with Crippen molar-refractivity contribution < 1.29 is 4.74 Å². The van der Waals surface area contributed by atoms with E-state index in [0.29, 0.717) is 6.61 Å². The van der Waals surface area contributed by atoms with Crippen molar-refractivity contribution >= 4 is 27.5 Å². The zero-order chi connectivity index (χ0) is 12.1. The predicted molar refractivity (Wildman–Crippen MR) is 74.8 cm³/mol. The van der Waals surface area contributed by atoms with Gasteiger partial charge in [-0.2, -0.15) is 0 Å². The summed E-state index contributed by atoms with van der Waals surface area (Å²) in [6.07, 6.45) is 0.858. The first-order valence-electron chi connectivity index (χ1n) is 5.37. The SMILES string of the molecule is Clc1cccc(CCOc2ccc(Br)cc2)c1. The Hall–Kier alpha value is -0.990. The summed E-state index contributed by atoms with van der Waals surface area (Å²) in [4.78, 5) is 0. The molecule has 2 rings (SSSR count). The molecule has 0 radical (unpaired) electrons. The van der Waals surface area contributed by atoms with Crippen molar-refractivity contribution in [3.63, 3.8) is 0 Å². The van der Waals surface area contributed by atoms with Gasteiger partial charge in [-0.05, 0) is 42.0 Å². The number of hydrogen-bond acceptors (Lipinski definition) is 1. The number of hydrogen-bond donors (Lipinski definition) is 0. The zero-order valence-corrected chi connectivity index (χ0v) is 11.5. The molecule has 0 aliphatic heterocycles. The van der Waals surface area contributed by atoms with Crippen LogP contribution in [0.3, 0.4) is 0 Å². The van der Waals surface area contributed by atoms with Crippen molar-refractivity contribution in [1.29, 1.82) is 0 Å². The van der Waals surface area contributed by atoms with E-state index in [1.165, 1.54) is 5.56 Å². The Bertz CT molecular complexity index is 482. The molecule has 2 aromatic carbocycles. The minimum Gasteiger partial charge on any atom is -0.493 e. The van der Waals surface area contributed by atoms with Gasteiger partial charge in [-0.3, -0.25) is 0 Å². The number of halogens is 2. The van der Waals surface area contributed by atoms with Crippen molar-refractivity contribution in [2.45, 2.75) is 6.42 Å². The van der Waals surface area contributed by atoms with E-state index >= 15 is 0 Å². The third-order valence-corrected chi connectivity index (χ3v) is 3.13. The van der Waals surface area contributed by atoms with Crippen molar-refractivity contribution in [1.82, 2.24) is 0 Å². The van der Waals surface area contributed by atoms with E-state index in [1.807, 2.05) is 42.5 Å². The molecule has 0 N–H and O–H groups in total. The fraction of sp³-hybridized carbons (Fsp3) is 0.143. The Labute approximate surface area is 115 Å². The van der Waals surface area contributed by atoms with Crippen LogP contribution >= 0.6 is 27.5 Å². The van der Waals surface area contributed by atoms with Gasteiger partial charge in [0.05, 0.1) is 6.61 Å². The van der Waals surface area contributed by atoms with Crippen LogP contribution in [-0.2, 0) is 6.42 Å². The summed E-state index contributed by atoms with van der Waals surface area (Å²) in [7, 11) is 0. The Balaban J connectivity index is 1.85. The maximum Gasteiger partial charge on any atom is 0.119 e. The van der Waals surface area contributed by atoms with Gasteiger partial charge in [0.2, 0.25) is 0 Å². The highest BCUT2D eigenvalue weighted by Crippen LogP contribution is 2.17. The van der Waals surface area contributed by atoms with E-state index in [0.717, 1.165) is 21.7 Å². The molecule has 0 bridgehead atoms. The Morgan fingerprint density at radius 1 is 1.06 bits per heavy atom. The average molecular weight is 312 g/mol. The predicted octanol–water partition coefficient (Wildman–Crippen LogP) is 4.72. The first kappa shape index (κ1) is 12.5. The summed E-state index contributed by atoms with van der Waals surface area (Å²) in [6, 6.07) is 15.7. The van der Waals surface area contributed by atoms with E-state index in [9.17, 15) is 0 Å². The van der Waals surface area contributed by atoms with E-state index in [4.69, 9.17) is 16.3 Å². The topological polar surface area (TPSA) is 9.23 Å². The van der Waals surface area contributed by atoms with Gasteiger partial charge in [0.1, 0.15) is 5.75 Å². The molecule has 0 aliphatic carbocycles. The van der Waals surface area contributed by atoms with Crippen LogP contribution in [-0.4, -0.2) is 6.61 Å². The fourth-order valence-corrected chi connectivity index (χ4v) is 1.99. The van der Waals surface area contributed by atoms with Gasteiger partial charge in [0, 0.05) is 15.9 Å². The summed E-state index contributed by atoms with van der Waals surface area (Å²) in [5.74, 6) is 0.884. The lowest BCUT2D eigenvalue weighted by molar-refractivity contribution is 0.322. The molecule has 0 saturated carbocycles. The van der Waals surface area contributed by atoms with Gasteiger partial charge < -0.3 is 4.74 Å². The Morgan fingerprint density at radius 3 is 2.53 bits per heavy atom. The highest BCUT2D eigenvalue weighted by atomic mass is 79.9. The summed E-state index contributed by atoms with van der Waals surface area (Å²) in [6.45, 7) is 0.655. The molecule has 0 spiro atoms. The Morgan fingerprint density at radius 2 is 1.82 bits per heavy atom. The second kappa shape index (κ2) is 6.08. The van der Waals surface area contributed by atoms with Gasteiger partial charge in [-0.1, -0.05) is 39.7 Å². The van der Waals surface area contributed by atoms with Crippen molar-refractivity contribution in [3.8, 4) is 5.75 Å². The van der Waals surface area contributed by atoms with E-state index in [-0.39, 0.29) is 0 Å². The highest BCUT2D eigenvalue weighted by molar-refractivity contribution is 9.10. The lowest BCUT2D eigenvalue weighted by Gasteiger charge is -2.06. The maximum atomic E-state index is 5.91. The molecule has 88 valence electrons. The lowest BCUT2D eigenvalue weighted by atomic mass is 10.2. The molecule has 0 aliphatic rings. The van der Waals surface area contributed by atoms with Crippen LogP contribution in [0.4, 0.5) is 0 Å². The van der Waals surface area contributed by atoms with Gasteiger partial charge in [0.25, 0.3) is 0 Å². The van der Waals surface area contributed by atoms with Gasteiger partial charge in [-0.15, -0.1) is 0 Å². The monoisotopic (exact) mass is 310 g/mol. The molecular formula is C14H12BrClO. The first-order valence-corrected chi connectivity index (χ1v) is 6.54. The Kier molecular flexibility index (Phi) is 4.46. The minimum atomic E-state index is 0.655. The third-order valence-electron chi connectivity index (χ3n) is 2.36. The second-order valence-electron chi connectivity index (χ2n) is 3.68. The largest absolute Gasteiger partial charge is 0.493 e. The molecule has 0 heterocycles. The van der Waals surface area contributed by atoms with E-state index in [2.05, 4.69) is 22.0 Å². The molecule has 0 unspecified atom stereocenters. The smallest absolute Gasteiger partial charge is 0.119 e. The minimum absolute atomic E-state index is 0.655. The molecule has 0 aromatic heterocycles. The number of rotatable bonds is 4. The quantitative estimate of drug-likeness (QED) is 0.793. The van der Waals surface area contributed by atoms with Crippen molar-refractivity contribution in [2.24, 2.45) is 0 Å². The molecule has 2 aromatic rings. The fourth-order valence-electron chi connectivity index (χ4n) is 1.51. The van der Waals surface area contributed by atoms with Crippen LogP contribution in [0.5, 0.6) is 5.75 Å². The summed E-state index contributed by atoms with van der Waals surface area (Å²) in [5, 5.41) is 0.770. The summed E-state index contributed by atoms with van der Waals surface area (Å²) < 4.78 is 6.70. The lowest BCUT2D eigenvalue weighted by Crippen LogP contribution is -2.01. The third kappa shape index (κ3) is 4.06. The molecule has 17 heavy (non-hydrogen) atoms. The molecule has 0 saturated heterocycles. The van der Waals surface area contributed by atoms with Crippen LogP contribution < -0.4 is 4.74 Å². The van der Waals surface area contributed by atoms with Crippen LogP contribution in [0.1, 0.15) is 5.56 Å². The number of benzene rings is 2. The number of ether oxygens (including phenoxy) is 1. The van der Waals surface area contributed by atoms with Crippen LogP contribution in [0, 0.1) is 0 Å². The first-order chi connectivity index (χ1) is 8.24. The maximum absolute atomic E-state index is 5.91. The van der Waals surface area contributed by atoms with Crippen LogP contribution in [0.2, 0.25) is 5.02 Å². The standard InChI is InChI=1S/C14H12BrClO/c15-12-4-6-14(7-5-12)17-9-8-11-2-1-3-13(16)10-11/h1-7,10H,8-9H2.